The third-order valence-electron chi connectivity index (χ3n) is 6.65. The molecule has 2 bridgehead atoms. The van der Waals surface area contributed by atoms with Crippen molar-refractivity contribution in [1.82, 2.24) is 24.9 Å². The monoisotopic (exact) mass is 474 g/mol. The molecular formula is C23H28ClFN6O2. The van der Waals surface area contributed by atoms with E-state index in [1.54, 1.807) is 6.20 Å². The van der Waals surface area contributed by atoms with Gasteiger partial charge in [-0.05, 0) is 52.5 Å². The molecule has 2 saturated heterocycles. The van der Waals surface area contributed by atoms with Gasteiger partial charge >= 0.3 is 0 Å². The summed E-state index contributed by atoms with van der Waals surface area (Å²) in [6.07, 6.45) is 7.11. The summed E-state index contributed by atoms with van der Waals surface area (Å²) in [5.41, 5.74) is 7.61. The Labute approximate surface area is 197 Å². The minimum absolute atomic E-state index is 0. The average Bonchev–Trinajstić information content (AvgIpc) is 3.29. The van der Waals surface area contributed by atoms with Gasteiger partial charge in [0.05, 0.1) is 17.5 Å². The normalized spacial score (nSPS) is 22.4. The highest BCUT2D eigenvalue weighted by molar-refractivity contribution is 6.00. The molecule has 0 saturated carbocycles. The molecule has 8 nitrogen and oxygen atoms in total. The van der Waals surface area contributed by atoms with Gasteiger partial charge in [-0.15, -0.1) is 12.4 Å². The van der Waals surface area contributed by atoms with Gasteiger partial charge in [0.25, 0.3) is 0 Å². The number of rotatable bonds is 4. The number of hydrogen-bond acceptors (Lipinski definition) is 7. The Morgan fingerprint density at radius 3 is 2.52 bits per heavy atom. The Kier molecular flexibility index (Phi) is 5.92. The summed E-state index contributed by atoms with van der Waals surface area (Å²) in [6, 6.07) is 2.17. The van der Waals surface area contributed by atoms with Crippen molar-refractivity contribution in [3.05, 3.63) is 41.2 Å². The van der Waals surface area contributed by atoms with Crippen molar-refractivity contribution in [1.29, 1.82) is 0 Å². The Morgan fingerprint density at radius 2 is 1.94 bits per heavy atom. The molecule has 2 aliphatic heterocycles. The number of aromatic nitrogens is 4. The molecule has 0 amide bonds. The lowest BCUT2D eigenvalue weighted by molar-refractivity contribution is 0.0695. The zero-order valence-corrected chi connectivity index (χ0v) is 19.6. The molecule has 4 N–H and O–H groups in total. The zero-order chi connectivity index (χ0) is 22.8. The number of nitrogen functional groups attached to an aromatic ring is 1. The molecule has 5 heterocycles. The number of piperidine rings is 1. The van der Waals surface area contributed by atoms with Crippen molar-refractivity contribution < 1.29 is 14.3 Å². The second-order valence-corrected chi connectivity index (χ2v) is 9.53. The lowest BCUT2D eigenvalue weighted by atomic mass is 9.86. The summed E-state index contributed by atoms with van der Waals surface area (Å²) in [5.74, 6) is -0.388. The predicted molar refractivity (Wildman–Crippen MR) is 125 cm³/mol. The number of hydrogen-bond donors (Lipinski definition) is 3. The molecule has 3 atom stereocenters. The van der Waals surface area contributed by atoms with E-state index < -0.39 is 11.4 Å². The topological polar surface area (TPSA) is 118 Å². The van der Waals surface area contributed by atoms with E-state index in [2.05, 4.69) is 15.4 Å². The van der Waals surface area contributed by atoms with Gasteiger partial charge in [0, 0.05) is 35.3 Å². The largest absolute Gasteiger partial charge is 0.384 e. The Morgan fingerprint density at radius 1 is 1.27 bits per heavy atom. The minimum atomic E-state index is -1.40. The predicted octanol–water partition coefficient (Wildman–Crippen LogP) is 3.36. The highest BCUT2D eigenvalue weighted by Gasteiger charge is 2.37. The summed E-state index contributed by atoms with van der Waals surface area (Å²) >= 11 is 0. The van der Waals surface area contributed by atoms with E-state index in [1.807, 2.05) is 0 Å². The van der Waals surface area contributed by atoms with Crippen LogP contribution in [0.1, 0.15) is 74.1 Å². The molecule has 0 aromatic carbocycles. The summed E-state index contributed by atoms with van der Waals surface area (Å²) in [5, 5.41) is 18.1. The number of nitrogens with two attached hydrogens (primary N) is 1. The van der Waals surface area contributed by atoms with Crippen molar-refractivity contribution in [3.63, 3.8) is 0 Å². The van der Waals surface area contributed by atoms with Gasteiger partial charge in [-0.2, -0.15) is 9.61 Å². The molecule has 0 spiro atoms. The number of nitrogens with one attached hydrogen (secondary N) is 1. The number of pyridine rings is 1. The van der Waals surface area contributed by atoms with Gasteiger partial charge < -0.3 is 16.2 Å². The van der Waals surface area contributed by atoms with Crippen molar-refractivity contribution in [2.75, 3.05) is 5.73 Å². The maximum atomic E-state index is 14.7. The van der Waals surface area contributed by atoms with E-state index in [0.717, 1.165) is 25.7 Å². The molecule has 2 fully saturated rings. The van der Waals surface area contributed by atoms with Crippen molar-refractivity contribution in [3.8, 4) is 11.1 Å². The van der Waals surface area contributed by atoms with Crippen LogP contribution in [0.3, 0.4) is 0 Å². The van der Waals surface area contributed by atoms with Gasteiger partial charge in [0.2, 0.25) is 0 Å². The van der Waals surface area contributed by atoms with E-state index in [1.165, 1.54) is 37.5 Å². The molecule has 2 aliphatic rings. The van der Waals surface area contributed by atoms with Crippen LogP contribution < -0.4 is 11.1 Å². The number of anilines is 1. The van der Waals surface area contributed by atoms with Crippen LogP contribution in [-0.4, -0.2) is 42.6 Å². The highest BCUT2D eigenvalue weighted by atomic mass is 35.5. The fourth-order valence-corrected chi connectivity index (χ4v) is 5.21. The summed E-state index contributed by atoms with van der Waals surface area (Å²) in [4.78, 5) is 21.6. The number of fused-ring (bicyclic) bond motifs is 3. The van der Waals surface area contributed by atoms with Crippen LogP contribution in [0.4, 0.5) is 10.2 Å². The molecule has 0 aliphatic carbocycles. The minimum Gasteiger partial charge on any atom is -0.384 e. The molecule has 33 heavy (non-hydrogen) atoms. The van der Waals surface area contributed by atoms with Gasteiger partial charge in [0.15, 0.2) is 11.4 Å². The Hall–Kier alpha value is -2.62. The third-order valence-corrected chi connectivity index (χ3v) is 6.65. The van der Waals surface area contributed by atoms with Gasteiger partial charge in [-0.1, -0.05) is 0 Å². The fourth-order valence-electron chi connectivity index (χ4n) is 5.21. The molecule has 176 valence electrons. The van der Waals surface area contributed by atoms with Crippen molar-refractivity contribution >= 4 is 29.7 Å². The van der Waals surface area contributed by atoms with Crippen LogP contribution >= 0.6 is 12.4 Å². The molecule has 0 unspecified atom stereocenters. The fraction of sp³-hybridized carbons (Fsp3) is 0.478. The van der Waals surface area contributed by atoms with E-state index in [-0.39, 0.29) is 35.6 Å². The molecule has 0 radical (unpaired) electrons. The lowest BCUT2D eigenvalue weighted by Crippen LogP contribution is -2.38. The maximum absolute atomic E-state index is 14.7. The second kappa shape index (κ2) is 8.30. The van der Waals surface area contributed by atoms with Crippen LogP contribution in [0.15, 0.2) is 18.5 Å². The number of nitrogens with zero attached hydrogens (tertiary/aromatic N) is 4. The van der Waals surface area contributed by atoms with Gasteiger partial charge in [-0.25, -0.2) is 9.37 Å². The number of carbonyl (C=O) groups is 1. The summed E-state index contributed by atoms with van der Waals surface area (Å²) in [6.45, 7) is 4.46. The molecule has 3 aromatic heterocycles. The average molecular weight is 475 g/mol. The first-order chi connectivity index (χ1) is 15.1. The van der Waals surface area contributed by atoms with Gasteiger partial charge in [0.1, 0.15) is 22.9 Å². The first-order valence-corrected chi connectivity index (χ1v) is 11.0. The first-order valence-electron chi connectivity index (χ1n) is 11.0. The van der Waals surface area contributed by atoms with Crippen molar-refractivity contribution in [2.45, 2.75) is 70.1 Å². The Bertz CT molecular complexity index is 1230. The van der Waals surface area contributed by atoms with Crippen molar-refractivity contribution in [2.24, 2.45) is 0 Å². The standard InChI is InChI=1S/C23H27FN6O2.ClH/c1-11(31)18-19(12-6-14-4-5-15(7-12)28-14)29-22-16(10-27-30(22)21(18)25)13-8-17(24)20(26-9-13)23(2,3)32;/h8-10,12,14-15,28,32H,4-7,25H2,1-3H3;1H/t12-,14+,15-;. The van der Waals surface area contributed by atoms with Crippen LogP contribution in [0.2, 0.25) is 0 Å². The Balaban J connectivity index is 0.00000259. The second-order valence-electron chi connectivity index (χ2n) is 9.53. The SMILES string of the molecule is CC(=O)c1c([C@H]2C[C@H]3CC[C@@H](C2)N3)nc2c(-c3cnc(C(C)(C)O)c(F)c3)cnn2c1N.Cl. The summed E-state index contributed by atoms with van der Waals surface area (Å²) in [7, 11) is 0. The number of ketones is 1. The number of carbonyl (C=O) groups excluding carboxylic acids is 1. The molecule has 10 heteroatoms. The molecular weight excluding hydrogens is 447 g/mol. The van der Waals surface area contributed by atoms with Crippen LogP contribution in [0.25, 0.3) is 16.8 Å². The van der Waals surface area contributed by atoms with E-state index in [0.29, 0.717) is 40.1 Å². The molecule has 5 rings (SSSR count). The number of aliphatic hydroxyl groups is 1. The maximum Gasteiger partial charge on any atom is 0.165 e. The zero-order valence-electron chi connectivity index (χ0n) is 18.8. The highest BCUT2D eigenvalue weighted by Crippen LogP contribution is 2.40. The third kappa shape index (κ3) is 3.98. The van der Waals surface area contributed by atoms with Gasteiger partial charge in [-0.3, -0.25) is 9.78 Å². The quantitative estimate of drug-likeness (QED) is 0.496. The number of halogens is 2. The number of Topliss-reactive ketones (excluding diaryl/α,β-unsaturated/α-hetero) is 1. The molecule has 3 aromatic rings. The lowest BCUT2D eigenvalue weighted by Gasteiger charge is -2.30. The van der Waals surface area contributed by atoms with E-state index in [4.69, 9.17) is 10.7 Å². The van der Waals surface area contributed by atoms with E-state index >= 15 is 0 Å². The van der Waals surface area contributed by atoms with Crippen LogP contribution in [0.5, 0.6) is 0 Å². The van der Waals surface area contributed by atoms with Crippen LogP contribution in [-0.2, 0) is 5.60 Å². The van der Waals surface area contributed by atoms with E-state index in [9.17, 15) is 14.3 Å². The smallest absolute Gasteiger partial charge is 0.165 e. The van der Waals surface area contributed by atoms with Crippen LogP contribution in [0, 0.1) is 5.82 Å². The first kappa shape index (κ1) is 23.5. The summed E-state index contributed by atoms with van der Waals surface area (Å²) < 4.78 is 16.1.